The lowest BCUT2D eigenvalue weighted by molar-refractivity contribution is 0.0493. The highest BCUT2D eigenvalue weighted by molar-refractivity contribution is 5.97. The predicted molar refractivity (Wildman–Crippen MR) is 122 cm³/mol. The Labute approximate surface area is 184 Å². The summed E-state index contributed by atoms with van der Waals surface area (Å²) in [5, 5.41) is 14.3. The van der Waals surface area contributed by atoms with Crippen LogP contribution in [0.5, 0.6) is 0 Å². The summed E-state index contributed by atoms with van der Waals surface area (Å²) in [5.74, 6) is 0.0404. The molecule has 1 saturated heterocycles. The third kappa shape index (κ3) is 4.47. The molecule has 2 aromatic carbocycles. The molecule has 0 aliphatic carbocycles. The van der Waals surface area contributed by atoms with Crippen molar-refractivity contribution in [2.45, 2.75) is 31.5 Å². The van der Waals surface area contributed by atoms with Gasteiger partial charge in [0.2, 0.25) is 0 Å². The number of rotatable bonds is 6. The Hall–Kier alpha value is -2.41. The van der Waals surface area contributed by atoms with E-state index in [1.165, 1.54) is 11.1 Å². The van der Waals surface area contributed by atoms with E-state index in [-0.39, 0.29) is 5.91 Å². The molecule has 164 valence electrons. The molecule has 0 saturated carbocycles. The maximum absolute atomic E-state index is 13.1. The van der Waals surface area contributed by atoms with Crippen molar-refractivity contribution in [3.8, 4) is 0 Å². The molecular weight excluding hydrogens is 388 g/mol. The normalized spacial score (nSPS) is 20.7. The quantitative estimate of drug-likeness (QED) is 0.747. The van der Waals surface area contributed by atoms with E-state index < -0.39 is 6.10 Å². The van der Waals surface area contributed by atoms with Gasteiger partial charge < -0.3 is 20.2 Å². The fraction of sp³-hybridized carbons (Fsp3) is 0.480. The van der Waals surface area contributed by atoms with Gasteiger partial charge in [-0.2, -0.15) is 0 Å². The van der Waals surface area contributed by atoms with Crippen LogP contribution in [-0.2, 0) is 19.4 Å². The Balaban J connectivity index is 1.19. The van der Waals surface area contributed by atoms with Crippen LogP contribution in [0.1, 0.15) is 27.0 Å². The van der Waals surface area contributed by atoms with E-state index in [1.54, 1.807) is 0 Å². The minimum Gasteiger partial charge on any atom is -0.390 e. The first-order valence-corrected chi connectivity index (χ1v) is 11.4. The Morgan fingerprint density at radius 1 is 1.03 bits per heavy atom. The summed E-state index contributed by atoms with van der Waals surface area (Å²) in [4.78, 5) is 19.5. The fourth-order valence-electron chi connectivity index (χ4n) is 5.13. The molecule has 6 heteroatoms. The number of aliphatic hydroxyl groups excluding tert-OH is 1. The molecule has 5 rings (SSSR count). The Kier molecular flexibility index (Phi) is 5.69. The van der Waals surface area contributed by atoms with Gasteiger partial charge in [0.15, 0.2) is 0 Å². The molecule has 0 bridgehead atoms. The second kappa shape index (κ2) is 8.61. The van der Waals surface area contributed by atoms with Gasteiger partial charge in [-0.3, -0.25) is 9.69 Å². The van der Waals surface area contributed by atoms with Crippen LogP contribution >= 0.6 is 0 Å². The number of carbonyl (C=O) groups is 1. The van der Waals surface area contributed by atoms with Crippen molar-refractivity contribution >= 4 is 11.6 Å². The highest BCUT2D eigenvalue weighted by Crippen LogP contribution is 2.25. The molecule has 1 fully saturated rings. The van der Waals surface area contributed by atoms with Crippen molar-refractivity contribution in [2.75, 3.05) is 51.6 Å². The molecule has 0 aromatic heterocycles. The van der Waals surface area contributed by atoms with Gasteiger partial charge in [0.1, 0.15) is 0 Å². The van der Waals surface area contributed by atoms with E-state index in [9.17, 15) is 9.90 Å². The Bertz CT molecular complexity index is 956. The maximum atomic E-state index is 13.1. The number of β-amino-alcohol motifs (C(OH)–C–C–N with tert-alkyl or cyclic N) is 1. The van der Waals surface area contributed by atoms with Crippen LogP contribution in [0.25, 0.3) is 0 Å². The highest BCUT2D eigenvalue weighted by atomic mass is 16.3. The maximum Gasteiger partial charge on any atom is 0.254 e. The summed E-state index contributed by atoms with van der Waals surface area (Å²) >= 11 is 0. The zero-order valence-corrected chi connectivity index (χ0v) is 18.3. The predicted octanol–water partition coefficient (Wildman–Crippen LogP) is 1.83. The van der Waals surface area contributed by atoms with Crippen LogP contribution < -0.4 is 5.32 Å². The summed E-state index contributed by atoms with van der Waals surface area (Å²) < 4.78 is 0. The van der Waals surface area contributed by atoms with E-state index in [1.807, 2.05) is 11.0 Å². The average molecular weight is 421 g/mol. The van der Waals surface area contributed by atoms with Gasteiger partial charge in [-0.15, -0.1) is 0 Å². The minimum atomic E-state index is -0.539. The average Bonchev–Trinajstić information content (AvgIpc) is 2.75. The molecule has 1 atom stereocenters. The van der Waals surface area contributed by atoms with Crippen molar-refractivity contribution in [3.05, 3.63) is 64.7 Å². The lowest BCUT2D eigenvalue weighted by Gasteiger charge is -2.37. The fourth-order valence-corrected chi connectivity index (χ4v) is 5.13. The number of likely N-dealkylation sites (tertiary alicyclic amines) is 1. The number of nitrogens with zero attached hydrogens (tertiary/aromatic N) is 3. The van der Waals surface area contributed by atoms with Crippen molar-refractivity contribution in [1.82, 2.24) is 14.7 Å². The number of fused-ring (bicyclic) bond motifs is 2. The largest absolute Gasteiger partial charge is 0.390 e. The van der Waals surface area contributed by atoms with Gasteiger partial charge in [0, 0.05) is 57.1 Å². The van der Waals surface area contributed by atoms with E-state index in [2.05, 4.69) is 58.6 Å². The molecule has 3 aliphatic rings. The first kappa shape index (κ1) is 20.5. The summed E-state index contributed by atoms with van der Waals surface area (Å²) in [6.07, 6.45) is 1.32. The van der Waals surface area contributed by atoms with Crippen molar-refractivity contribution in [1.29, 1.82) is 0 Å². The zero-order chi connectivity index (χ0) is 21.4. The molecule has 6 nitrogen and oxygen atoms in total. The van der Waals surface area contributed by atoms with Crippen molar-refractivity contribution in [2.24, 2.45) is 0 Å². The molecule has 31 heavy (non-hydrogen) atoms. The van der Waals surface area contributed by atoms with Crippen LogP contribution in [-0.4, -0.2) is 84.2 Å². The van der Waals surface area contributed by atoms with Crippen LogP contribution in [0.2, 0.25) is 0 Å². The Morgan fingerprint density at radius 2 is 1.81 bits per heavy atom. The summed E-state index contributed by atoms with van der Waals surface area (Å²) in [6.45, 7) is 5.55. The molecule has 3 heterocycles. The van der Waals surface area contributed by atoms with Gasteiger partial charge in [0.05, 0.1) is 12.1 Å². The number of nitrogens with one attached hydrogen (secondary N) is 1. The molecular formula is C25H32N4O2. The van der Waals surface area contributed by atoms with E-state index in [4.69, 9.17) is 0 Å². The van der Waals surface area contributed by atoms with Crippen LogP contribution in [0, 0.1) is 0 Å². The molecule has 2 aromatic rings. The number of benzene rings is 2. The molecule has 2 N–H and O–H groups in total. The van der Waals surface area contributed by atoms with E-state index in [0.717, 1.165) is 55.8 Å². The van der Waals surface area contributed by atoms with Gasteiger partial charge in [-0.1, -0.05) is 30.3 Å². The van der Waals surface area contributed by atoms with Gasteiger partial charge in [-0.25, -0.2) is 0 Å². The lowest BCUT2D eigenvalue weighted by atomic mass is 9.97. The van der Waals surface area contributed by atoms with Crippen LogP contribution in [0.3, 0.4) is 0 Å². The third-order valence-electron chi connectivity index (χ3n) is 6.82. The number of carbonyl (C=O) groups excluding carboxylic acids is 1. The smallest absolute Gasteiger partial charge is 0.254 e. The summed E-state index contributed by atoms with van der Waals surface area (Å²) in [7, 11) is 2.11. The van der Waals surface area contributed by atoms with Crippen molar-refractivity contribution in [3.63, 3.8) is 0 Å². The second-order valence-corrected chi connectivity index (χ2v) is 9.34. The number of aliphatic hydroxyl groups is 1. The monoisotopic (exact) mass is 420 g/mol. The molecule has 0 unspecified atom stereocenters. The molecule has 3 aliphatic heterocycles. The second-order valence-electron chi connectivity index (χ2n) is 9.34. The number of hydrogen-bond acceptors (Lipinski definition) is 5. The summed E-state index contributed by atoms with van der Waals surface area (Å²) in [6, 6.07) is 15.2. The zero-order valence-electron chi connectivity index (χ0n) is 18.3. The third-order valence-corrected chi connectivity index (χ3v) is 6.82. The van der Waals surface area contributed by atoms with Crippen LogP contribution in [0.4, 0.5) is 5.69 Å². The highest BCUT2D eigenvalue weighted by Gasteiger charge is 2.28. The first-order valence-electron chi connectivity index (χ1n) is 11.4. The van der Waals surface area contributed by atoms with E-state index in [0.29, 0.717) is 25.7 Å². The van der Waals surface area contributed by atoms with Gasteiger partial charge in [-0.05, 0) is 48.7 Å². The number of amides is 1. The number of anilines is 1. The van der Waals surface area contributed by atoms with Gasteiger partial charge >= 0.3 is 0 Å². The van der Waals surface area contributed by atoms with E-state index >= 15 is 0 Å². The van der Waals surface area contributed by atoms with Gasteiger partial charge in [0.25, 0.3) is 5.91 Å². The standard InChI is InChI=1S/C25H32N4O2/c1-27-14-22(15-27)26-21-7-6-19-9-11-29(25(31)24(19)12-21)17-23(30)16-28-10-8-18-4-2-3-5-20(18)13-28/h2-7,12,22-23,26,30H,8-11,13-17H2,1H3/t23-/m0/s1. The topological polar surface area (TPSA) is 59.1 Å². The Morgan fingerprint density at radius 3 is 2.61 bits per heavy atom. The minimum absolute atomic E-state index is 0.0404. The number of hydrogen-bond donors (Lipinski definition) is 2. The van der Waals surface area contributed by atoms with Crippen molar-refractivity contribution < 1.29 is 9.90 Å². The first-order chi connectivity index (χ1) is 15.0. The molecule has 0 radical (unpaired) electrons. The molecule has 1 amide bonds. The number of likely N-dealkylation sites (N-methyl/N-ethyl adjacent to an activating group) is 1. The SMILES string of the molecule is CN1CC(Nc2ccc3c(c2)C(=O)N(C[C@@H](O)CN2CCc4ccccc4C2)CC3)C1. The van der Waals surface area contributed by atoms with Crippen LogP contribution in [0.15, 0.2) is 42.5 Å². The lowest BCUT2D eigenvalue weighted by Crippen LogP contribution is -2.52. The molecule has 0 spiro atoms. The summed E-state index contributed by atoms with van der Waals surface area (Å²) in [5.41, 5.74) is 5.66.